The zero-order chi connectivity index (χ0) is 7.28. The zero-order valence-corrected chi connectivity index (χ0v) is 6.24. The highest BCUT2D eigenvalue weighted by Gasteiger charge is 1.84. The molecule has 0 bridgehead atoms. The lowest BCUT2D eigenvalue weighted by Gasteiger charge is -1.86. The molecule has 0 atom stereocenters. The molecule has 0 radical (unpaired) electrons. The third-order valence-electron chi connectivity index (χ3n) is 0.826. The first-order valence-corrected chi connectivity index (χ1v) is 3.17. The molecule has 0 rings (SSSR count). The number of hydrogen-bond donors (Lipinski definition) is 0. The van der Waals surface area contributed by atoms with E-state index < -0.39 is 0 Å². The molecule has 0 saturated carbocycles. The predicted molar refractivity (Wildman–Crippen MR) is 38.9 cm³/mol. The van der Waals surface area contributed by atoms with Crippen LogP contribution in [0.2, 0.25) is 0 Å². The summed E-state index contributed by atoms with van der Waals surface area (Å²) in [7, 11) is 0. The summed E-state index contributed by atoms with van der Waals surface area (Å²) in [5.74, 6) is -0.127. The third-order valence-corrected chi connectivity index (χ3v) is 0.826. The average molecular weight is 128 g/mol. The molecule has 0 saturated heterocycles. The van der Waals surface area contributed by atoms with Crippen LogP contribution in [0.15, 0.2) is 23.6 Å². The molecule has 0 fully saturated rings. The van der Waals surface area contributed by atoms with Gasteiger partial charge in [-0.15, -0.1) is 0 Å². The fraction of sp³-hybridized carbons (Fsp3) is 0.500. The van der Waals surface area contributed by atoms with E-state index in [-0.39, 0.29) is 5.83 Å². The quantitative estimate of drug-likeness (QED) is 0.501. The molecule has 0 N–H and O–H groups in total. The SMILES string of the molecule is CC/C=C(/F)C=C(C)C. The van der Waals surface area contributed by atoms with Gasteiger partial charge in [-0.05, 0) is 32.4 Å². The summed E-state index contributed by atoms with van der Waals surface area (Å²) >= 11 is 0. The van der Waals surface area contributed by atoms with Crippen LogP contribution < -0.4 is 0 Å². The second-order valence-electron chi connectivity index (χ2n) is 2.22. The monoisotopic (exact) mass is 128 g/mol. The van der Waals surface area contributed by atoms with Gasteiger partial charge in [0.25, 0.3) is 0 Å². The third kappa shape index (κ3) is 5.28. The Bertz CT molecular complexity index is 128. The molecule has 0 aromatic rings. The van der Waals surface area contributed by atoms with Crippen molar-refractivity contribution in [1.82, 2.24) is 0 Å². The Morgan fingerprint density at radius 1 is 1.44 bits per heavy atom. The van der Waals surface area contributed by atoms with Crippen molar-refractivity contribution in [2.75, 3.05) is 0 Å². The van der Waals surface area contributed by atoms with Crippen molar-refractivity contribution in [1.29, 1.82) is 0 Å². The summed E-state index contributed by atoms with van der Waals surface area (Å²) in [5, 5.41) is 0. The Kier molecular flexibility index (Phi) is 4.02. The molecule has 9 heavy (non-hydrogen) atoms. The lowest BCUT2D eigenvalue weighted by atomic mass is 10.3. The fourth-order valence-corrected chi connectivity index (χ4v) is 0.530. The molecule has 0 aromatic heterocycles. The van der Waals surface area contributed by atoms with E-state index in [1.807, 2.05) is 20.8 Å². The van der Waals surface area contributed by atoms with Gasteiger partial charge in [-0.1, -0.05) is 12.5 Å². The van der Waals surface area contributed by atoms with Gasteiger partial charge >= 0.3 is 0 Å². The van der Waals surface area contributed by atoms with Gasteiger partial charge in [0.2, 0.25) is 0 Å². The molecule has 0 aliphatic rings. The van der Waals surface area contributed by atoms with Crippen LogP contribution in [0, 0.1) is 0 Å². The Labute approximate surface area is 56.1 Å². The first-order chi connectivity index (χ1) is 4.16. The van der Waals surface area contributed by atoms with E-state index in [4.69, 9.17) is 0 Å². The Morgan fingerprint density at radius 3 is 2.33 bits per heavy atom. The summed E-state index contributed by atoms with van der Waals surface area (Å²) in [5.41, 5.74) is 0.997. The van der Waals surface area contributed by atoms with Crippen LogP contribution in [-0.4, -0.2) is 0 Å². The lowest BCUT2D eigenvalue weighted by molar-refractivity contribution is 0.659. The first-order valence-electron chi connectivity index (χ1n) is 3.17. The van der Waals surface area contributed by atoms with E-state index in [1.54, 1.807) is 6.08 Å². The van der Waals surface area contributed by atoms with Crippen LogP contribution in [0.25, 0.3) is 0 Å². The highest BCUT2D eigenvalue weighted by atomic mass is 19.1. The molecule has 0 unspecified atom stereocenters. The molecule has 0 nitrogen and oxygen atoms in total. The molecule has 0 aliphatic carbocycles. The number of halogens is 1. The minimum atomic E-state index is -0.127. The summed E-state index contributed by atoms with van der Waals surface area (Å²) in [4.78, 5) is 0. The summed E-state index contributed by atoms with van der Waals surface area (Å²) in [6, 6.07) is 0. The van der Waals surface area contributed by atoms with Gasteiger partial charge in [-0.2, -0.15) is 0 Å². The van der Waals surface area contributed by atoms with Gasteiger partial charge in [0.1, 0.15) is 5.83 Å². The largest absolute Gasteiger partial charge is 0.207 e. The Balaban J connectivity index is 3.90. The maximum absolute atomic E-state index is 12.4. The standard InChI is InChI=1S/C8H13F/c1-4-5-8(9)6-7(2)3/h5-6H,4H2,1-3H3/b8-5+. The summed E-state index contributed by atoms with van der Waals surface area (Å²) in [6.45, 7) is 5.67. The molecule has 0 aliphatic heterocycles. The van der Waals surface area contributed by atoms with Crippen molar-refractivity contribution in [2.45, 2.75) is 27.2 Å². The number of allylic oxidation sites excluding steroid dienone is 4. The summed E-state index contributed by atoms with van der Waals surface area (Å²) < 4.78 is 12.4. The van der Waals surface area contributed by atoms with Crippen LogP contribution in [-0.2, 0) is 0 Å². The van der Waals surface area contributed by atoms with Gasteiger partial charge in [0.15, 0.2) is 0 Å². The lowest BCUT2D eigenvalue weighted by Crippen LogP contribution is -1.67. The topological polar surface area (TPSA) is 0 Å². The van der Waals surface area contributed by atoms with E-state index in [2.05, 4.69) is 0 Å². The highest BCUT2D eigenvalue weighted by Crippen LogP contribution is 2.03. The van der Waals surface area contributed by atoms with Crippen molar-refractivity contribution in [3.8, 4) is 0 Å². The predicted octanol–water partition coefficient (Wildman–Crippen LogP) is 3.22. The van der Waals surface area contributed by atoms with E-state index in [0.717, 1.165) is 12.0 Å². The highest BCUT2D eigenvalue weighted by molar-refractivity contribution is 5.14. The van der Waals surface area contributed by atoms with Crippen LogP contribution in [0.4, 0.5) is 4.39 Å². The van der Waals surface area contributed by atoms with Gasteiger partial charge in [0, 0.05) is 0 Å². The maximum Gasteiger partial charge on any atom is 0.119 e. The number of rotatable bonds is 2. The van der Waals surface area contributed by atoms with Crippen molar-refractivity contribution in [3.05, 3.63) is 23.6 Å². The molecular formula is C8H13F. The average Bonchev–Trinajstić information content (AvgIpc) is 1.63. The smallest absolute Gasteiger partial charge is 0.119 e. The second kappa shape index (κ2) is 4.30. The van der Waals surface area contributed by atoms with Gasteiger partial charge < -0.3 is 0 Å². The summed E-state index contributed by atoms with van der Waals surface area (Å²) in [6.07, 6.45) is 3.85. The van der Waals surface area contributed by atoms with Crippen LogP contribution in [0.1, 0.15) is 27.2 Å². The fourth-order valence-electron chi connectivity index (χ4n) is 0.530. The molecular weight excluding hydrogens is 115 g/mol. The minimum absolute atomic E-state index is 0.127. The van der Waals surface area contributed by atoms with E-state index in [0.29, 0.717) is 0 Å². The molecule has 0 heterocycles. The Morgan fingerprint density at radius 2 is 2.00 bits per heavy atom. The Hall–Kier alpha value is -0.590. The van der Waals surface area contributed by atoms with Gasteiger partial charge in [0.05, 0.1) is 0 Å². The van der Waals surface area contributed by atoms with Gasteiger partial charge in [-0.25, -0.2) is 4.39 Å². The van der Waals surface area contributed by atoms with Crippen molar-refractivity contribution >= 4 is 0 Å². The normalized spacial score (nSPS) is 11.3. The second-order valence-corrected chi connectivity index (χ2v) is 2.22. The molecule has 1 heteroatoms. The molecule has 0 amide bonds. The molecule has 0 spiro atoms. The minimum Gasteiger partial charge on any atom is -0.207 e. The first kappa shape index (κ1) is 8.41. The van der Waals surface area contributed by atoms with E-state index in [9.17, 15) is 4.39 Å². The number of hydrogen-bond acceptors (Lipinski definition) is 0. The maximum atomic E-state index is 12.4. The van der Waals surface area contributed by atoms with E-state index in [1.165, 1.54) is 6.08 Å². The van der Waals surface area contributed by atoms with Crippen LogP contribution >= 0.6 is 0 Å². The van der Waals surface area contributed by atoms with Gasteiger partial charge in [-0.3, -0.25) is 0 Å². The molecule has 52 valence electrons. The molecule has 0 aromatic carbocycles. The van der Waals surface area contributed by atoms with Crippen molar-refractivity contribution in [3.63, 3.8) is 0 Å². The van der Waals surface area contributed by atoms with E-state index >= 15 is 0 Å². The van der Waals surface area contributed by atoms with Crippen molar-refractivity contribution in [2.24, 2.45) is 0 Å². The van der Waals surface area contributed by atoms with Crippen LogP contribution in [0.3, 0.4) is 0 Å². The zero-order valence-electron chi connectivity index (χ0n) is 6.24. The van der Waals surface area contributed by atoms with Crippen molar-refractivity contribution < 1.29 is 4.39 Å². The van der Waals surface area contributed by atoms with Crippen LogP contribution in [0.5, 0.6) is 0 Å².